The van der Waals surface area contributed by atoms with E-state index in [2.05, 4.69) is 52.0 Å². The average Bonchev–Trinajstić information content (AvgIpc) is 2.52. The van der Waals surface area contributed by atoms with Gasteiger partial charge in [0, 0.05) is 12.1 Å². The molecule has 3 nitrogen and oxygen atoms in total. The summed E-state index contributed by atoms with van der Waals surface area (Å²) >= 11 is 0. The fourth-order valence-electron chi connectivity index (χ4n) is 3.49. The molecule has 0 bridgehead atoms. The van der Waals surface area contributed by atoms with Crippen LogP contribution in [0.1, 0.15) is 51.7 Å². The van der Waals surface area contributed by atoms with Crippen LogP contribution in [0.2, 0.25) is 0 Å². The zero-order valence-corrected chi connectivity index (χ0v) is 14.1. The highest BCUT2D eigenvalue weighted by Crippen LogP contribution is 2.46. The highest BCUT2D eigenvalue weighted by atomic mass is 16.6. The number of nitro groups is 1. The second-order valence-corrected chi connectivity index (χ2v) is 7.75. The predicted molar refractivity (Wildman–Crippen MR) is 92.7 cm³/mol. The van der Waals surface area contributed by atoms with Gasteiger partial charge in [-0.05, 0) is 58.1 Å². The summed E-state index contributed by atoms with van der Waals surface area (Å²) in [5.41, 5.74) is 4.93. The quantitative estimate of drug-likeness (QED) is 0.550. The first-order chi connectivity index (χ1) is 10.7. The van der Waals surface area contributed by atoms with Crippen molar-refractivity contribution in [1.29, 1.82) is 0 Å². The Morgan fingerprint density at radius 2 is 1.65 bits per heavy atom. The smallest absolute Gasteiger partial charge is 0.258 e. The minimum Gasteiger partial charge on any atom is -0.258 e. The van der Waals surface area contributed by atoms with Crippen LogP contribution in [0.25, 0.3) is 11.1 Å². The van der Waals surface area contributed by atoms with Gasteiger partial charge in [-0.15, -0.1) is 0 Å². The molecule has 23 heavy (non-hydrogen) atoms. The van der Waals surface area contributed by atoms with Crippen LogP contribution in [0.15, 0.2) is 36.4 Å². The van der Waals surface area contributed by atoms with E-state index < -0.39 is 0 Å². The first-order valence-corrected chi connectivity index (χ1v) is 8.02. The van der Waals surface area contributed by atoms with E-state index in [-0.39, 0.29) is 21.4 Å². The molecule has 0 saturated carbocycles. The summed E-state index contributed by atoms with van der Waals surface area (Å²) in [7, 11) is 0. The molecule has 0 aromatic heterocycles. The zero-order chi connectivity index (χ0) is 16.8. The molecule has 0 atom stereocenters. The molecule has 1 aliphatic carbocycles. The number of nitrogens with zero attached hydrogens (tertiary/aromatic N) is 1. The van der Waals surface area contributed by atoms with E-state index in [4.69, 9.17) is 0 Å². The van der Waals surface area contributed by atoms with Crippen molar-refractivity contribution in [3.8, 4) is 11.1 Å². The molecule has 0 heterocycles. The van der Waals surface area contributed by atoms with Gasteiger partial charge in [-0.3, -0.25) is 10.1 Å². The van der Waals surface area contributed by atoms with Gasteiger partial charge in [-0.25, -0.2) is 0 Å². The van der Waals surface area contributed by atoms with Crippen molar-refractivity contribution >= 4 is 5.69 Å². The molecule has 0 saturated heterocycles. The SMILES string of the molecule is CC1(C)CCC(C)(C)c2cc(-c3[c]ccc([N+](=O)[O-])c3)ccc21. The van der Waals surface area contributed by atoms with Gasteiger partial charge in [0.05, 0.1) is 4.92 Å². The Morgan fingerprint density at radius 1 is 1.00 bits per heavy atom. The van der Waals surface area contributed by atoms with Crippen molar-refractivity contribution in [1.82, 2.24) is 0 Å². The normalized spacial score (nSPS) is 18.3. The summed E-state index contributed by atoms with van der Waals surface area (Å²) in [6.07, 6.45) is 2.32. The van der Waals surface area contributed by atoms with Crippen LogP contribution in [-0.4, -0.2) is 4.92 Å². The second kappa shape index (κ2) is 5.19. The van der Waals surface area contributed by atoms with Crippen LogP contribution in [-0.2, 0) is 10.8 Å². The van der Waals surface area contributed by atoms with Gasteiger partial charge in [0.1, 0.15) is 0 Å². The fourth-order valence-corrected chi connectivity index (χ4v) is 3.49. The maximum atomic E-state index is 11.0. The van der Waals surface area contributed by atoms with Gasteiger partial charge < -0.3 is 0 Å². The van der Waals surface area contributed by atoms with Gasteiger partial charge in [0.2, 0.25) is 0 Å². The highest BCUT2D eigenvalue weighted by molar-refractivity contribution is 5.68. The topological polar surface area (TPSA) is 43.1 Å². The van der Waals surface area contributed by atoms with Crippen molar-refractivity contribution in [2.45, 2.75) is 51.4 Å². The largest absolute Gasteiger partial charge is 0.270 e. The van der Waals surface area contributed by atoms with E-state index in [1.165, 1.54) is 23.6 Å². The van der Waals surface area contributed by atoms with E-state index in [9.17, 15) is 10.1 Å². The summed E-state index contributed by atoms with van der Waals surface area (Å²) in [4.78, 5) is 10.6. The summed E-state index contributed by atoms with van der Waals surface area (Å²) in [5, 5.41) is 11.0. The number of benzene rings is 2. The molecule has 0 aliphatic heterocycles. The van der Waals surface area contributed by atoms with Crippen LogP contribution in [0.5, 0.6) is 0 Å². The second-order valence-electron chi connectivity index (χ2n) is 7.75. The molecular formula is C20H22NO2. The number of non-ortho nitro benzene ring substituents is 1. The molecule has 0 unspecified atom stereocenters. The van der Waals surface area contributed by atoms with Crippen LogP contribution in [0.4, 0.5) is 5.69 Å². The van der Waals surface area contributed by atoms with Gasteiger partial charge in [0.25, 0.3) is 5.69 Å². The van der Waals surface area contributed by atoms with E-state index in [1.807, 2.05) is 0 Å². The molecule has 3 heteroatoms. The first-order valence-electron chi connectivity index (χ1n) is 8.02. The molecule has 0 fully saturated rings. The van der Waals surface area contributed by atoms with E-state index in [0.29, 0.717) is 0 Å². The molecule has 3 rings (SSSR count). The lowest BCUT2D eigenvalue weighted by molar-refractivity contribution is -0.384. The van der Waals surface area contributed by atoms with Gasteiger partial charge >= 0.3 is 0 Å². The Hall–Kier alpha value is -2.16. The van der Waals surface area contributed by atoms with Crippen molar-refractivity contribution in [3.63, 3.8) is 0 Å². The first kappa shape index (κ1) is 15.7. The van der Waals surface area contributed by atoms with Gasteiger partial charge in [-0.2, -0.15) is 0 Å². The van der Waals surface area contributed by atoms with Crippen molar-refractivity contribution in [2.24, 2.45) is 0 Å². The predicted octanol–water partition coefficient (Wildman–Crippen LogP) is 5.41. The highest BCUT2D eigenvalue weighted by Gasteiger charge is 2.36. The number of rotatable bonds is 2. The molecule has 0 spiro atoms. The van der Waals surface area contributed by atoms with E-state index in [0.717, 1.165) is 17.5 Å². The molecule has 0 amide bonds. The standard InChI is InChI=1S/C20H22NO2/c1-19(2)10-11-20(3,4)18-13-15(8-9-17(18)19)14-6-5-7-16(12-14)21(22)23/h5,7-9,12-13H,10-11H2,1-4H3. The van der Waals surface area contributed by atoms with Crippen molar-refractivity contribution < 1.29 is 4.92 Å². The Bertz CT molecular complexity index is 775. The maximum absolute atomic E-state index is 11.0. The Labute approximate surface area is 137 Å². The number of nitro benzene ring substituents is 1. The Balaban J connectivity index is 2.14. The van der Waals surface area contributed by atoms with Gasteiger partial charge in [-0.1, -0.05) is 45.9 Å². The third-order valence-corrected chi connectivity index (χ3v) is 5.16. The Morgan fingerprint density at radius 3 is 2.30 bits per heavy atom. The van der Waals surface area contributed by atoms with E-state index in [1.54, 1.807) is 12.1 Å². The van der Waals surface area contributed by atoms with Crippen LogP contribution in [0.3, 0.4) is 0 Å². The number of hydrogen-bond acceptors (Lipinski definition) is 2. The summed E-state index contributed by atoms with van der Waals surface area (Å²) < 4.78 is 0. The lowest BCUT2D eigenvalue weighted by atomic mass is 9.63. The number of hydrogen-bond donors (Lipinski definition) is 0. The fraction of sp³-hybridized carbons (Fsp3) is 0.400. The van der Waals surface area contributed by atoms with Crippen LogP contribution in [0, 0.1) is 16.2 Å². The molecule has 0 N–H and O–H groups in total. The van der Waals surface area contributed by atoms with Gasteiger partial charge in [0.15, 0.2) is 0 Å². The lowest BCUT2D eigenvalue weighted by Crippen LogP contribution is -2.33. The van der Waals surface area contributed by atoms with E-state index >= 15 is 0 Å². The van der Waals surface area contributed by atoms with Crippen LogP contribution >= 0.6 is 0 Å². The molecule has 119 valence electrons. The summed E-state index contributed by atoms with van der Waals surface area (Å²) in [6.45, 7) is 9.14. The van der Waals surface area contributed by atoms with Crippen LogP contribution < -0.4 is 0 Å². The minimum absolute atomic E-state index is 0.107. The average molecular weight is 308 g/mol. The number of fused-ring (bicyclic) bond motifs is 1. The molecular weight excluding hydrogens is 286 g/mol. The monoisotopic (exact) mass is 308 g/mol. The lowest BCUT2D eigenvalue weighted by Gasteiger charge is -2.42. The maximum Gasteiger partial charge on any atom is 0.270 e. The molecule has 2 aromatic rings. The molecule has 1 radical (unpaired) electrons. The summed E-state index contributed by atoms with van der Waals surface area (Å²) in [6, 6.07) is 14.3. The third-order valence-electron chi connectivity index (χ3n) is 5.16. The summed E-state index contributed by atoms with van der Waals surface area (Å²) in [5.74, 6) is 0. The van der Waals surface area contributed by atoms with Crippen molar-refractivity contribution in [2.75, 3.05) is 0 Å². The minimum atomic E-state index is -0.358. The zero-order valence-electron chi connectivity index (χ0n) is 14.1. The third kappa shape index (κ3) is 2.76. The molecule has 1 aliphatic rings. The van der Waals surface area contributed by atoms with Crippen molar-refractivity contribution in [3.05, 3.63) is 63.7 Å². The molecule has 2 aromatic carbocycles. The Kier molecular flexibility index (Phi) is 3.55.